The molecule has 6 heteroatoms. The maximum absolute atomic E-state index is 8.12. The minimum Gasteiger partial charge on any atom is -0.189 e. The minimum atomic E-state index is 0.0967. The van der Waals surface area contributed by atoms with Gasteiger partial charge in [-0.3, -0.25) is 0 Å². The van der Waals surface area contributed by atoms with E-state index in [0.29, 0.717) is 0 Å². The van der Waals surface area contributed by atoms with Crippen LogP contribution in [-0.2, 0) is 0 Å². The quantitative estimate of drug-likeness (QED) is 0.566. The summed E-state index contributed by atoms with van der Waals surface area (Å²) < 4.78 is 1.20. The van der Waals surface area contributed by atoms with E-state index >= 15 is 0 Å². The van der Waals surface area contributed by atoms with E-state index < -0.39 is 0 Å². The third-order valence-corrected chi connectivity index (χ3v) is 0.899. The minimum absolute atomic E-state index is 0.0967. The van der Waals surface area contributed by atoms with Gasteiger partial charge in [-0.25, -0.2) is 0 Å². The highest BCUT2D eigenvalue weighted by Gasteiger charge is 1.93. The Morgan fingerprint density at radius 1 is 1.75 bits per heavy atom. The lowest BCUT2D eigenvalue weighted by molar-refractivity contribution is 0.853. The smallest absolute Gasteiger partial charge is 0.189 e. The molecule has 1 heterocycles. The van der Waals surface area contributed by atoms with E-state index in [1.165, 1.54) is 3.01 Å². The van der Waals surface area contributed by atoms with E-state index in [9.17, 15) is 0 Å². The number of rotatable bonds is 0. The first-order valence-electron chi connectivity index (χ1n) is 1.69. The second kappa shape index (κ2) is 2.04. The number of halogens is 1. The van der Waals surface area contributed by atoms with Gasteiger partial charge in [-0.05, 0) is 5.21 Å². The molecule has 0 radical (unpaired) electrons. The van der Waals surface area contributed by atoms with Gasteiger partial charge < -0.3 is 0 Å². The largest absolute Gasteiger partial charge is 0.274 e. The van der Waals surface area contributed by atoms with Crippen molar-refractivity contribution in [2.75, 3.05) is 0 Å². The van der Waals surface area contributed by atoms with Gasteiger partial charge in [-0.1, -0.05) is 5.10 Å². The zero-order chi connectivity index (χ0) is 5.98. The fourth-order valence-electron chi connectivity index (χ4n) is 0.242. The summed E-state index contributed by atoms with van der Waals surface area (Å²) in [6.45, 7) is 0. The number of hydrogen-bond acceptors (Lipinski definition) is 4. The molecule has 0 aliphatic carbocycles. The maximum Gasteiger partial charge on any atom is 0.274 e. The van der Waals surface area contributed by atoms with Crippen LogP contribution >= 0.6 is 22.9 Å². The van der Waals surface area contributed by atoms with Gasteiger partial charge in [0.05, 0.1) is 0 Å². The molecule has 0 amide bonds. The lowest BCUT2D eigenvalue weighted by atomic mass is 10.7. The summed E-state index contributed by atoms with van der Waals surface area (Å²) in [4.78, 5) is 0. The molecule has 0 bridgehead atoms. The van der Waals surface area contributed by atoms with Crippen LogP contribution in [0.25, 0.3) is 0 Å². The van der Waals surface area contributed by atoms with Crippen molar-refractivity contribution in [1.82, 2.24) is 18.4 Å². The molecule has 5 nitrogen and oxygen atoms in total. The van der Waals surface area contributed by atoms with E-state index in [1.807, 2.05) is 0 Å². The summed E-state index contributed by atoms with van der Waals surface area (Å²) in [7, 11) is 0. The molecule has 0 saturated carbocycles. The third-order valence-electron chi connectivity index (χ3n) is 0.490. The van der Waals surface area contributed by atoms with Gasteiger partial charge in [0.25, 0.3) is 5.82 Å². The summed E-state index contributed by atoms with van der Waals surface area (Å²) >= 11 is 1.80. The molecule has 40 valence electrons. The second-order valence-electron chi connectivity index (χ2n) is 0.965. The Morgan fingerprint density at radius 2 is 2.50 bits per heavy atom. The van der Waals surface area contributed by atoms with Crippen molar-refractivity contribution in [2.24, 2.45) is 0 Å². The van der Waals surface area contributed by atoms with Crippen LogP contribution in [0, 0.1) is 11.3 Å². The van der Waals surface area contributed by atoms with Gasteiger partial charge in [-0.15, -0.1) is 8.11 Å². The van der Waals surface area contributed by atoms with E-state index in [-0.39, 0.29) is 5.82 Å². The first-order chi connectivity index (χ1) is 3.83. The van der Waals surface area contributed by atoms with Crippen molar-refractivity contribution in [1.29, 1.82) is 5.26 Å². The summed E-state index contributed by atoms with van der Waals surface area (Å²) in [6.07, 6.45) is 0. The fraction of sp³-hybridized carbons (Fsp3) is 0. The van der Waals surface area contributed by atoms with E-state index in [4.69, 9.17) is 5.26 Å². The predicted molar refractivity (Wildman–Crippen MR) is 31.9 cm³/mol. The molecule has 0 spiro atoms. The lowest BCUT2D eigenvalue weighted by Crippen LogP contribution is -1.82. The monoisotopic (exact) mass is 221 g/mol. The van der Waals surface area contributed by atoms with Gasteiger partial charge >= 0.3 is 0 Å². The predicted octanol–water partition coefficient (Wildman–Crippen LogP) is -0.257. The Hall–Kier alpha value is -0.710. The summed E-state index contributed by atoms with van der Waals surface area (Å²) in [5.74, 6) is 0.0967. The van der Waals surface area contributed by atoms with Crippen LogP contribution in [0.15, 0.2) is 0 Å². The van der Waals surface area contributed by atoms with Crippen molar-refractivity contribution >= 4 is 22.9 Å². The van der Waals surface area contributed by atoms with Crippen LogP contribution in [-0.4, -0.2) is 18.4 Å². The Bertz CT molecular complexity index is 221. The van der Waals surface area contributed by atoms with Crippen LogP contribution in [0.1, 0.15) is 5.82 Å². The molecule has 1 aromatic rings. The molecule has 0 aromatic carbocycles. The van der Waals surface area contributed by atoms with E-state index in [2.05, 4.69) is 15.4 Å². The number of nitrogens with zero attached hydrogens (tertiary/aromatic N) is 5. The van der Waals surface area contributed by atoms with Crippen molar-refractivity contribution in [3.63, 3.8) is 0 Å². The molecule has 0 saturated heterocycles. The van der Waals surface area contributed by atoms with Crippen molar-refractivity contribution < 1.29 is 0 Å². The van der Waals surface area contributed by atoms with E-state index in [0.717, 1.165) is 0 Å². The molecular weight excluding hydrogens is 221 g/mol. The van der Waals surface area contributed by atoms with Crippen LogP contribution in [0.5, 0.6) is 0 Å². The average Bonchev–Trinajstić information content (AvgIpc) is 2.14. The van der Waals surface area contributed by atoms with Crippen molar-refractivity contribution in [3.05, 3.63) is 5.82 Å². The summed E-state index contributed by atoms with van der Waals surface area (Å²) in [6, 6.07) is 1.74. The first kappa shape index (κ1) is 5.43. The Kier molecular flexibility index (Phi) is 1.38. The molecule has 0 unspecified atom stereocenters. The molecule has 0 fully saturated rings. The SMILES string of the molecule is N#Cc1nnn(I)n1. The van der Waals surface area contributed by atoms with Crippen LogP contribution in [0.3, 0.4) is 0 Å². The molecule has 0 N–H and O–H groups in total. The molecule has 0 aliphatic heterocycles. The maximum atomic E-state index is 8.12. The van der Waals surface area contributed by atoms with Gasteiger partial charge in [0.2, 0.25) is 0 Å². The zero-order valence-corrected chi connectivity index (χ0v) is 5.77. The highest BCUT2D eigenvalue weighted by Crippen LogP contribution is 1.85. The number of nitriles is 1. The number of hydrogen-bond donors (Lipinski definition) is 0. The molecule has 0 aliphatic rings. The van der Waals surface area contributed by atoms with Gasteiger partial charge in [-0.2, -0.15) is 5.26 Å². The Morgan fingerprint density at radius 3 is 2.75 bits per heavy atom. The van der Waals surface area contributed by atoms with Gasteiger partial charge in [0.15, 0.2) is 0 Å². The van der Waals surface area contributed by atoms with Crippen molar-refractivity contribution in [2.45, 2.75) is 0 Å². The summed E-state index contributed by atoms with van der Waals surface area (Å²) in [5, 5.41) is 18.4. The Balaban J connectivity index is 3.05. The molecule has 1 aromatic heterocycles. The molecular formula is C2IN5. The molecule has 8 heavy (non-hydrogen) atoms. The summed E-state index contributed by atoms with van der Waals surface area (Å²) in [5.41, 5.74) is 0. The van der Waals surface area contributed by atoms with E-state index in [1.54, 1.807) is 28.9 Å². The molecule has 1 rings (SSSR count). The highest BCUT2D eigenvalue weighted by molar-refractivity contribution is 14.1. The van der Waals surface area contributed by atoms with Crippen molar-refractivity contribution in [3.8, 4) is 6.07 Å². The number of aromatic nitrogens is 4. The first-order valence-corrected chi connectivity index (χ1v) is 2.65. The Labute approximate surface area is 58.8 Å². The third kappa shape index (κ3) is 0.919. The van der Waals surface area contributed by atoms with Crippen LogP contribution in [0.4, 0.5) is 0 Å². The lowest BCUT2D eigenvalue weighted by Gasteiger charge is -1.68. The molecule has 0 atom stereocenters. The topological polar surface area (TPSA) is 67.4 Å². The van der Waals surface area contributed by atoms with Crippen LogP contribution < -0.4 is 0 Å². The fourth-order valence-corrected chi connectivity index (χ4v) is 0.543. The van der Waals surface area contributed by atoms with Gasteiger partial charge in [0.1, 0.15) is 28.9 Å². The van der Waals surface area contributed by atoms with Gasteiger partial charge in [0, 0.05) is 0 Å². The standard InChI is InChI=1S/C2IN5/c3-8-6-2(1-4)5-7-8. The zero-order valence-electron chi connectivity index (χ0n) is 3.61. The number of tetrazole rings is 1. The average molecular weight is 221 g/mol. The van der Waals surface area contributed by atoms with Crippen LogP contribution in [0.2, 0.25) is 0 Å². The normalized spacial score (nSPS) is 8.50. The highest BCUT2D eigenvalue weighted by atomic mass is 127. The second-order valence-corrected chi connectivity index (χ2v) is 1.83.